The van der Waals surface area contributed by atoms with E-state index in [1.165, 1.54) is 25.7 Å². The van der Waals surface area contributed by atoms with Gasteiger partial charge in [0.15, 0.2) is 0 Å². The summed E-state index contributed by atoms with van der Waals surface area (Å²) in [5, 5.41) is 6.12. The molecule has 1 aliphatic rings. The second-order valence-electron chi connectivity index (χ2n) is 5.10. The number of unbranched alkanes of at least 4 members (excludes halogenated alkanes) is 1. The molecule has 1 amide bonds. The van der Waals surface area contributed by atoms with Crippen LogP contribution in [0.1, 0.15) is 52.4 Å². The minimum Gasteiger partial charge on any atom is -0.377 e. The Balaban J connectivity index is 1.97. The molecule has 1 unspecified atom stereocenters. The zero-order valence-electron chi connectivity index (χ0n) is 11.8. The zero-order valence-corrected chi connectivity index (χ0v) is 11.8. The first kappa shape index (κ1) is 15.4. The molecule has 106 valence electrons. The number of carbonyl (C=O) groups excluding carboxylic acids is 1. The number of nitrogens with one attached hydrogen (secondary N) is 2. The Morgan fingerprint density at radius 1 is 1.33 bits per heavy atom. The van der Waals surface area contributed by atoms with Gasteiger partial charge in [-0.2, -0.15) is 0 Å². The molecule has 1 rings (SSSR count). The molecule has 1 aliphatic carbocycles. The molecule has 0 aromatic carbocycles. The molecule has 1 atom stereocenters. The van der Waals surface area contributed by atoms with E-state index in [0.29, 0.717) is 12.7 Å². The van der Waals surface area contributed by atoms with Gasteiger partial charge in [-0.3, -0.25) is 4.79 Å². The number of ether oxygens (including phenoxy) is 1. The maximum absolute atomic E-state index is 11.7. The first-order chi connectivity index (χ1) is 8.74. The van der Waals surface area contributed by atoms with Gasteiger partial charge in [-0.1, -0.05) is 26.2 Å². The number of hydrogen-bond acceptors (Lipinski definition) is 3. The molecular formula is C14H28N2O2. The van der Waals surface area contributed by atoms with Crippen LogP contribution in [-0.2, 0) is 9.53 Å². The summed E-state index contributed by atoms with van der Waals surface area (Å²) in [6.45, 7) is 6.25. The largest absolute Gasteiger partial charge is 0.377 e. The van der Waals surface area contributed by atoms with Crippen molar-refractivity contribution in [3.05, 3.63) is 0 Å². The standard InChI is InChI=1S/C14H28N2O2/c1-3-4-9-16-14(17)12(2)15-10-11-18-13-7-5-6-8-13/h12-13,15H,3-11H2,1-2H3,(H,16,17). The summed E-state index contributed by atoms with van der Waals surface area (Å²) in [5.41, 5.74) is 0. The van der Waals surface area contributed by atoms with E-state index in [2.05, 4.69) is 17.6 Å². The average Bonchev–Trinajstić information content (AvgIpc) is 2.87. The van der Waals surface area contributed by atoms with Crippen LogP contribution in [-0.4, -0.2) is 37.7 Å². The normalized spacial score (nSPS) is 17.9. The van der Waals surface area contributed by atoms with Crippen LogP contribution < -0.4 is 10.6 Å². The summed E-state index contributed by atoms with van der Waals surface area (Å²) in [7, 11) is 0. The third kappa shape index (κ3) is 6.36. The molecule has 0 heterocycles. The van der Waals surface area contributed by atoms with E-state index in [1.54, 1.807) is 0 Å². The molecule has 18 heavy (non-hydrogen) atoms. The van der Waals surface area contributed by atoms with Gasteiger partial charge in [-0.15, -0.1) is 0 Å². The molecule has 2 N–H and O–H groups in total. The van der Waals surface area contributed by atoms with Gasteiger partial charge in [0.1, 0.15) is 0 Å². The minimum absolute atomic E-state index is 0.0873. The van der Waals surface area contributed by atoms with Crippen LogP contribution in [0.3, 0.4) is 0 Å². The van der Waals surface area contributed by atoms with Gasteiger partial charge < -0.3 is 15.4 Å². The van der Waals surface area contributed by atoms with Crippen molar-refractivity contribution in [2.24, 2.45) is 0 Å². The fraction of sp³-hybridized carbons (Fsp3) is 0.929. The third-order valence-electron chi connectivity index (χ3n) is 3.43. The highest BCUT2D eigenvalue weighted by Gasteiger charge is 2.15. The third-order valence-corrected chi connectivity index (χ3v) is 3.43. The van der Waals surface area contributed by atoms with Gasteiger partial charge in [0.25, 0.3) is 0 Å². The predicted octanol–water partition coefficient (Wildman–Crippen LogP) is 1.84. The number of rotatable bonds is 9. The van der Waals surface area contributed by atoms with Gasteiger partial charge in [0, 0.05) is 13.1 Å². The van der Waals surface area contributed by atoms with Crippen molar-refractivity contribution >= 4 is 5.91 Å². The number of carbonyl (C=O) groups is 1. The van der Waals surface area contributed by atoms with Gasteiger partial charge in [-0.05, 0) is 26.2 Å². The van der Waals surface area contributed by atoms with Crippen LogP contribution in [0, 0.1) is 0 Å². The number of hydrogen-bond donors (Lipinski definition) is 2. The average molecular weight is 256 g/mol. The van der Waals surface area contributed by atoms with E-state index in [0.717, 1.165) is 25.9 Å². The van der Waals surface area contributed by atoms with Crippen LogP contribution in [0.5, 0.6) is 0 Å². The van der Waals surface area contributed by atoms with Crippen molar-refractivity contribution in [2.75, 3.05) is 19.7 Å². The summed E-state index contributed by atoms with van der Waals surface area (Å²) >= 11 is 0. The highest BCUT2D eigenvalue weighted by atomic mass is 16.5. The molecule has 0 spiro atoms. The summed E-state index contributed by atoms with van der Waals surface area (Å²) in [6.07, 6.45) is 7.61. The molecule has 1 saturated carbocycles. The molecule has 0 bridgehead atoms. The first-order valence-electron chi connectivity index (χ1n) is 7.36. The van der Waals surface area contributed by atoms with Crippen molar-refractivity contribution in [3.63, 3.8) is 0 Å². The van der Waals surface area contributed by atoms with Crippen molar-refractivity contribution in [1.82, 2.24) is 10.6 Å². The fourth-order valence-electron chi connectivity index (χ4n) is 2.19. The Kier molecular flexibility index (Phi) is 8.01. The molecule has 0 aromatic rings. The van der Waals surface area contributed by atoms with Crippen LogP contribution in [0.15, 0.2) is 0 Å². The second kappa shape index (κ2) is 9.34. The summed E-state index contributed by atoms with van der Waals surface area (Å²) in [4.78, 5) is 11.7. The molecular weight excluding hydrogens is 228 g/mol. The smallest absolute Gasteiger partial charge is 0.236 e. The molecule has 0 aliphatic heterocycles. The van der Waals surface area contributed by atoms with Crippen molar-refractivity contribution < 1.29 is 9.53 Å². The van der Waals surface area contributed by atoms with Gasteiger partial charge in [0.2, 0.25) is 5.91 Å². The summed E-state index contributed by atoms with van der Waals surface area (Å²) in [5.74, 6) is 0.0873. The Morgan fingerprint density at radius 2 is 2.06 bits per heavy atom. The maximum Gasteiger partial charge on any atom is 0.236 e. The highest BCUT2D eigenvalue weighted by molar-refractivity contribution is 5.81. The predicted molar refractivity (Wildman–Crippen MR) is 73.6 cm³/mol. The fourth-order valence-corrected chi connectivity index (χ4v) is 2.19. The minimum atomic E-state index is -0.131. The van der Waals surface area contributed by atoms with E-state index in [4.69, 9.17) is 4.74 Å². The quantitative estimate of drug-likeness (QED) is 0.619. The van der Waals surface area contributed by atoms with E-state index in [9.17, 15) is 4.79 Å². The first-order valence-corrected chi connectivity index (χ1v) is 7.36. The lowest BCUT2D eigenvalue weighted by Gasteiger charge is -2.15. The van der Waals surface area contributed by atoms with E-state index in [-0.39, 0.29) is 11.9 Å². The zero-order chi connectivity index (χ0) is 13.2. The maximum atomic E-state index is 11.7. The van der Waals surface area contributed by atoms with Crippen LogP contribution in [0.4, 0.5) is 0 Å². The van der Waals surface area contributed by atoms with E-state index >= 15 is 0 Å². The van der Waals surface area contributed by atoms with Crippen LogP contribution in [0.2, 0.25) is 0 Å². The Morgan fingerprint density at radius 3 is 2.72 bits per heavy atom. The van der Waals surface area contributed by atoms with Gasteiger partial charge in [-0.25, -0.2) is 0 Å². The van der Waals surface area contributed by atoms with Gasteiger partial charge >= 0.3 is 0 Å². The van der Waals surface area contributed by atoms with Gasteiger partial charge in [0.05, 0.1) is 18.8 Å². The van der Waals surface area contributed by atoms with E-state index < -0.39 is 0 Å². The van der Waals surface area contributed by atoms with Crippen molar-refractivity contribution in [3.8, 4) is 0 Å². The molecule has 1 fully saturated rings. The monoisotopic (exact) mass is 256 g/mol. The lowest BCUT2D eigenvalue weighted by Crippen LogP contribution is -2.43. The van der Waals surface area contributed by atoms with Crippen LogP contribution in [0.25, 0.3) is 0 Å². The SMILES string of the molecule is CCCCNC(=O)C(C)NCCOC1CCCC1. The summed E-state index contributed by atoms with van der Waals surface area (Å²) in [6, 6.07) is -0.131. The molecule has 4 heteroatoms. The Labute approximate surface area is 111 Å². The number of amides is 1. The lowest BCUT2D eigenvalue weighted by molar-refractivity contribution is -0.122. The highest BCUT2D eigenvalue weighted by Crippen LogP contribution is 2.20. The lowest BCUT2D eigenvalue weighted by atomic mass is 10.3. The summed E-state index contributed by atoms with van der Waals surface area (Å²) < 4.78 is 5.74. The molecule has 4 nitrogen and oxygen atoms in total. The van der Waals surface area contributed by atoms with Crippen molar-refractivity contribution in [1.29, 1.82) is 0 Å². The Hall–Kier alpha value is -0.610. The topological polar surface area (TPSA) is 50.4 Å². The van der Waals surface area contributed by atoms with Crippen LogP contribution >= 0.6 is 0 Å². The molecule has 0 aromatic heterocycles. The van der Waals surface area contributed by atoms with Crippen molar-refractivity contribution in [2.45, 2.75) is 64.5 Å². The molecule has 0 radical (unpaired) electrons. The second-order valence-corrected chi connectivity index (χ2v) is 5.10. The van der Waals surface area contributed by atoms with E-state index in [1.807, 2.05) is 6.92 Å². The Bertz CT molecular complexity index is 228. The molecule has 0 saturated heterocycles.